The number of fused-ring (bicyclic) bond motifs is 1. The van der Waals surface area contributed by atoms with Gasteiger partial charge in [0, 0.05) is 74.5 Å². The fourth-order valence-electron chi connectivity index (χ4n) is 5.49. The topological polar surface area (TPSA) is 85.9 Å². The van der Waals surface area contributed by atoms with Crippen LogP contribution in [0.4, 0.5) is 5.13 Å². The lowest BCUT2D eigenvalue weighted by molar-refractivity contribution is -0.130. The van der Waals surface area contributed by atoms with Gasteiger partial charge in [-0.25, -0.2) is 4.98 Å². The number of anilines is 1. The first-order valence-corrected chi connectivity index (χ1v) is 15.1. The summed E-state index contributed by atoms with van der Waals surface area (Å²) in [6.07, 6.45) is 1.63. The van der Waals surface area contributed by atoms with Crippen LogP contribution in [0.5, 0.6) is 0 Å². The van der Waals surface area contributed by atoms with Gasteiger partial charge in [-0.1, -0.05) is 60.4 Å². The number of nitrogens with zero attached hydrogens (tertiary/aromatic N) is 4. The van der Waals surface area contributed by atoms with Crippen LogP contribution in [0.2, 0.25) is 0 Å². The van der Waals surface area contributed by atoms with Crippen LogP contribution in [-0.2, 0) is 22.7 Å². The molecule has 2 aliphatic rings. The fourth-order valence-corrected chi connectivity index (χ4v) is 6.03. The van der Waals surface area contributed by atoms with Gasteiger partial charge in [-0.2, -0.15) is 0 Å². The van der Waals surface area contributed by atoms with E-state index in [1.54, 1.807) is 23.4 Å². The number of carbonyl (C=O) groups excluding carboxylic acids is 3. The minimum atomic E-state index is -0.795. The van der Waals surface area contributed by atoms with Crippen LogP contribution in [0.3, 0.4) is 0 Å². The van der Waals surface area contributed by atoms with Crippen LogP contribution >= 0.6 is 11.3 Å². The normalized spacial score (nSPS) is 15.4. The lowest BCUT2D eigenvalue weighted by Gasteiger charge is -2.34. The molecule has 6 rings (SSSR count). The molecule has 1 atom stereocenters. The third-order valence-electron chi connectivity index (χ3n) is 7.81. The van der Waals surface area contributed by atoms with E-state index in [4.69, 9.17) is 0 Å². The molecule has 3 amide bonds. The Morgan fingerprint density at radius 2 is 1.67 bits per heavy atom. The van der Waals surface area contributed by atoms with Crippen molar-refractivity contribution in [3.8, 4) is 11.8 Å². The molecule has 1 unspecified atom stereocenters. The van der Waals surface area contributed by atoms with Crippen LogP contribution in [0.15, 0.2) is 84.4 Å². The maximum atomic E-state index is 13.7. The highest BCUT2D eigenvalue weighted by Crippen LogP contribution is 2.33. The Morgan fingerprint density at radius 3 is 2.37 bits per heavy atom. The monoisotopic (exact) mass is 589 g/mol. The molecule has 1 fully saturated rings. The molecule has 1 saturated heterocycles. The largest absolute Gasteiger partial charge is 0.340 e. The van der Waals surface area contributed by atoms with Gasteiger partial charge in [-0.15, -0.1) is 11.3 Å². The Balaban J connectivity index is 1.14. The van der Waals surface area contributed by atoms with Gasteiger partial charge in [-0.3, -0.25) is 24.6 Å². The summed E-state index contributed by atoms with van der Waals surface area (Å²) in [6, 6.07) is 22.4. The Bertz CT molecular complexity index is 1690. The standard InChI is InChI=1S/C34H31N5O3S/c1-24(40)38-18-16-37(17-19-38)22-27-11-8-25(9-12-27)7-10-26-13-14-29-23-39(33(42)30(29)21-26)31(28-5-3-2-4-6-28)32(41)36-34-35-15-20-43-34/h2-6,8-9,11-15,20-21,31H,16-19,22-23H2,1H3,(H,35,36,41). The highest BCUT2D eigenvalue weighted by atomic mass is 32.1. The first-order valence-electron chi connectivity index (χ1n) is 14.2. The third-order valence-corrected chi connectivity index (χ3v) is 8.50. The molecule has 2 aliphatic heterocycles. The van der Waals surface area contributed by atoms with Crippen molar-refractivity contribution < 1.29 is 14.4 Å². The molecule has 0 radical (unpaired) electrons. The Hall–Kier alpha value is -4.78. The van der Waals surface area contributed by atoms with Crippen molar-refractivity contribution in [2.75, 3.05) is 31.5 Å². The molecule has 0 aliphatic carbocycles. The minimum absolute atomic E-state index is 0.138. The Kier molecular flexibility index (Phi) is 8.31. The van der Waals surface area contributed by atoms with Gasteiger partial charge in [-0.05, 0) is 41.0 Å². The van der Waals surface area contributed by atoms with Crippen molar-refractivity contribution in [2.45, 2.75) is 26.1 Å². The lowest BCUT2D eigenvalue weighted by Crippen LogP contribution is -2.47. The van der Waals surface area contributed by atoms with Gasteiger partial charge in [0.2, 0.25) is 5.91 Å². The molecule has 9 heteroatoms. The van der Waals surface area contributed by atoms with E-state index in [2.05, 4.69) is 39.2 Å². The van der Waals surface area contributed by atoms with Crippen molar-refractivity contribution in [1.82, 2.24) is 19.7 Å². The fraction of sp³-hybridized carbons (Fsp3) is 0.235. The first kappa shape index (κ1) is 28.3. The van der Waals surface area contributed by atoms with E-state index in [0.717, 1.165) is 55.0 Å². The van der Waals surface area contributed by atoms with E-state index in [1.165, 1.54) is 16.9 Å². The molecule has 0 bridgehead atoms. The molecule has 1 N–H and O–H groups in total. The third kappa shape index (κ3) is 6.51. The van der Waals surface area contributed by atoms with Gasteiger partial charge in [0.1, 0.15) is 6.04 Å². The maximum absolute atomic E-state index is 13.7. The van der Waals surface area contributed by atoms with Gasteiger partial charge in [0.15, 0.2) is 5.13 Å². The van der Waals surface area contributed by atoms with Crippen molar-refractivity contribution in [3.05, 3.63) is 118 Å². The molecule has 1 aromatic heterocycles. The van der Waals surface area contributed by atoms with Crippen molar-refractivity contribution >= 4 is 34.2 Å². The van der Waals surface area contributed by atoms with E-state index in [1.807, 2.05) is 65.6 Å². The zero-order valence-electron chi connectivity index (χ0n) is 23.8. The number of hydrogen-bond acceptors (Lipinski definition) is 6. The smallest absolute Gasteiger partial charge is 0.255 e. The molecule has 216 valence electrons. The van der Waals surface area contributed by atoms with Crippen molar-refractivity contribution in [1.29, 1.82) is 0 Å². The van der Waals surface area contributed by atoms with E-state index >= 15 is 0 Å². The van der Waals surface area contributed by atoms with Crippen molar-refractivity contribution in [2.24, 2.45) is 0 Å². The number of carbonyl (C=O) groups is 3. The number of amides is 3. The number of thiazole rings is 1. The van der Waals surface area contributed by atoms with Gasteiger partial charge in [0.05, 0.1) is 0 Å². The SMILES string of the molecule is CC(=O)N1CCN(Cc2ccc(C#Cc3ccc4c(c3)C(=O)N(C(C(=O)Nc3nccs3)c3ccccc3)C4)cc2)CC1. The van der Waals surface area contributed by atoms with E-state index in [0.29, 0.717) is 17.2 Å². The zero-order chi connectivity index (χ0) is 29.8. The first-order chi connectivity index (χ1) is 20.9. The Morgan fingerprint density at radius 1 is 0.953 bits per heavy atom. The van der Waals surface area contributed by atoms with Gasteiger partial charge < -0.3 is 9.80 Å². The molecule has 4 aromatic rings. The zero-order valence-corrected chi connectivity index (χ0v) is 24.6. The lowest BCUT2D eigenvalue weighted by atomic mass is 10.0. The highest BCUT2D eigenvalue weighted by Gasteiger charge is 2.37. The summed E-state index contributed by atoms with van der Waals surface area (Å²) in [5.74, 6) is 6.05. The summed E-state index contributed by atoms with van der Waals surface area (Å²) in [5.41, 5.74) is 5.00. The molecule has 0 spiro atoms. The number of nitrogens with one attached hydrogen (secondary N) is 1. The molecule has 0 saturated carbocycles. The van der Waals surface area contributed by atoms with Crippen LogP contribution in [0, 0.1) is 11.8 Å². The molecule has 43 heavy (non-hydrogen) atoms. The second-order valence-electron chi connectivity index (χ2n) is 10.7. The van der Waals surface area contributed by atoms with Gasteiger partial charge >= 0.3 is 0 Å². The summed E-state index contributed by atoms with van der Waals surface area (Å²) < 4.78 is 0. The molecule has 8 nitrogen and oxygen atoms in total. The average Bonchev–Trinajstić information content (AvgIpc) is 3.65. The quantitative estimate of drug-likeness (QED) is 0.334. The summed E-state index contributed by atoms with van der Waals surface area (Å²) in [7, 11) is 0. The summed E-state index contributed by atoms with van der Waals surface area (Å²) in [5, 5.41) is 5.15. The number of hydrogen-bond donors (Lipinski definition) is 1. The summed E-state index contributed by atoms with van der Waals surface area (Å²) in [4.78, 5) is 48.7. The second kappa shape index (κ2) is 12.6. The summed E-state index contributed by atoms with van der Waals surface area (Å²) >= 11 is 1.33. The maximum Gasteiger partial charge on any atom is 0.255 e. The van der Waals surface area contributed by atoms with Crippen LogP contribution in [0.25, 0.3) is 0 Å². The van der Waals surface area contributed by atoms with E-state index in [9.17, 15) is 14.4 Å². The van der Waals surface area contributed by atoms with Crippen LogP contribution in [0.1, 0.15) is 51.1 Å². The Labute approximate surface area is 255 Å². The number of piperazine rings is 1. The molecular weight excluding hydrogens is 558 g/mol. The molecular formula is C34H31N5O3S. The predicted octanol–water partition coefficient (Wildman–Crippen LogP) is 4.54. The van der Waals surface area contributed by atoms with Crippen LogP contribution < -0.4 is 5.32 Å². The van der Waals surface area contributed by atoms with E-state index in [-0.39, 0.29) is 17.7 Å². The minimum Gasteiger partial charge on any atom is -0.340 e. The second-order valence-corrected chi connectivity index (χ2v) is 11.6. The summed E-state index contributed by atoms with van der Waals surface area (Å²) in [6.45, 7) is 6.08. The number of aromatic nitrogens is 1. The predicted molar refractivity (Wildman–Crippen MR) is 166 cm³/mol. The highest BCUT2D eigenvalue weighted by molar-refractivity contribution is 7.13. The molecule has 3 heterocycles. The number of benzene rings is 3. The average molecular weight is 590 g/mol. The van der Waals surface area contributed by atoms with Crippen LogP contribution in [-0.4, -0.2) is 63.6 Å². The molecule has 3 aromatic carbocycles. The number of rotatable bonds is 6. The van der Waals surface area contributed by atoms with Crippen molar-refractivity contribution in [3.63, 3.8) is 0 Å². The van der Waals surface area contributed by atoms with E-state index < -0.39 is 6.04 Å². The van der Waals surface area contributed by atoms with Gasteiger partial charge in [0.25, 0.3) is 11.8 Å².